The molecule has 0 aliphatic heterocycles. The summed E-state index contributed by atoms with van der Waals surface area (Å²) < 4.78 is 5.14. The Balaban J connectivity index is 1.83. The van der Waals surface area contributed by atoms with E-state index in [1.807, 2.05) is 0 Å². The number of phenolic OH excluding ortho intramolecular Hbond substituents is 1. The van der Waals surface area contributed by atoms with Crippen LogP contribution in [0.25, 0.3) is 33.2 Å². The molecule has 0 atom stereocenters. The Hall–Kier alpha value is -3.97. The summed E-state index contributed by atoms with van der Waals surface area (Å²) in [5, 5.41) is 30.4. The number of pyridine rings is 1. The number of nitrogens with one attached hydrogen (secondary N) is 1. The van der Waals surface area contributed by atoms with Crippen LogP contribution in [0, 0.1) is 0 Å². The molecule has 0 aliphatic carbocycles. The first-order chi connectivity index (χ1) is 14.8. The smallest absolute Gasteiger partial charge is 0.345 e. The fraction of sp³-hybridized carbons (Fsp3) is 0.0435. The van der Waals surface area contributed by atoms with Crippen LogP contribution >= 0.6 is 11.6 Å². The van der Waals surface area contributed by atoms with E-state index in [0.29, 0.717) is 27.5 Å². The van der Waals surface area contributed by atoms with Crippen molar-refractivity contribution in [3.63, 3.8) is 0 Å². The molecule has 0 unspecified atom stereocenters. The first-order valence-corrected chi connectivity index (χ1v) is 9.48. The average molecular weight is 438 g/mol. The third-order valence-electron chi connectivity index (χ3n) is 5.01. The Bertz CT molecular complexity index is 1390. The van der Waals surface area contributed by atoms with Crippen molar-refractivity contribution in [1.29, 1.82) is 0 Å². The van der Waals surface area contributed by atoms with Gasteiger partial charge in [0.05, 0.1) is 17.6 Å². The monoisotopic (exact) mass is 437 g/mol. The maximum Gasteiger partial charge on any atom is 0.345 e. The number of carboxylic acids is 1. The lowest BCUT2D eigenvalue weighted by molar-refractivity contribution is 0.0692. The van der Waals surface area contributed by atoms with Crippen LogP contribution in [0.2, 0.25) is 5.02 Å². The van der Waals surface area contributed by atoms with E-state index in [4.69, 9.17) is 16.3 Å². The molecular weight excluding hydrogens is 422 g/mol. The zero-order valence-electron chi connectivity index (χ0n) is 16.1. The Kier molecular flexibility index (Phi) is 5.04. The van der Waals surface area contributed by atoms with E-state index >= 15 is 0 Å². The average Bonchev–Trinajstić information content (AvgIpc) is 2.73. The highest BCUT2D eigenvalue weighted by molar-refractivity contribution is 6.34. The SMILES string of the molecule is COc1cccc(-c2ccc(-c3cc4c(O)c(C(=O)O)c(=O)[nH]c4cc3Cl)cc2)c1O. The maximum absolute atomic E-state index is 11.9. The van der Waals surface area contributed by atoms with Gasteiger partial charge in [-0.1, -0.05) is 48.0 Å². The number of aromatic nitrogens is 1. The van der Waals surface area contributed by atoms with Gasteiger partial charge in [-0.25, -0.2) is 4.79 Å². The number of ether oxygens (including phenoxy) is 1. The van der Waals surface area contributed by atoms with Crippen molar-refractivity contribution in [3.05, 3.63) is 75.5 Å². The first kappa shape index (κ1) is 20.3. The molecule has 0 saturated heterocycles. The fourth-order valence-electron chi connectivity index (χ4n) is 3.47. The lowest BCUT2D eigenvalue weighted by atomic mass is 9.98. The highest BCUT2D eigenvalue weighted by Gasteiger charge is 2.20. The number of aromatic carboxylic acids is 1. The number of methoxy groups -OCH3 is 1. The largest absolute Gasteiger partial charge is 0.506 e. The van der Waals surface area contributed by atoms with Gasteiger partial charge in [-0.15, -0.1) is 0 Å². The molecule has 0 fully saturated rings. The molecule has 0 saturated carbocycles. The molecule has 4 N–H and O–H groups in total. The molecule has 4 aromatic rings. The van der Waals surface area contributed by atoms with Gasteiger partial charge in [0.1, 0.15) is 5.75 Å². The molecule has 31 heavy (non-hydrogen) atoms. The molecule has 0 bridgehead atoms. The number of carbonyl (C=O) groups is 1. The Morgan fingerprint density at radius 1 is 0.968 bits per heavy atom. The van der Waals surface area contributed by atoms with Gasteiger partial charge in [0.2, 0.25) is 0 Å². The molecule has 0 spiro atoms. The molecule has 1 heterocycles. The van der Waals surface area contributed by atoms with Crippen LogP contribution in [0.15, 0.2) is 59.4 Å². The van der Waals surface area contributed by atoms with Crippen molar-refractivity contribution in [2.24, 2.45) is 0 Å². The fourth-order valence-corrected chi connectivity index (χ4v) is 3.74. The van der Waals surface area contributed by atoms with Crippen LogP contribution in [0.1, 0.15) is 10.4 Å². The van der Waals surface area contributed by atoms with Gasteiger partial charge in [0, 0.05) is 16.5 Å². The van der Waals surface area contributed by atoms with E-state index in [1.54, 1.807) is 42.5 Å². The van der Waals surface area contributed by atoms with E-state index in [1.165, 1.54) is 19.2 Å². The van der Waals surface area contributed by atoms with E-state index < -0.39 is 22.8 Å². The standard InChI is InChI=1S/C23H16ClNO6/c1-31-18-4-2-3-13(20(18)26)11-5-7-12(8-6-11)14-9-15-17(10-16(14)24)25-22(28)19(21(15)27)23(29)30/h2-10,26H,1H3,(H,29,30)(H2,25,27,28). The van der Waals surface area contributed by atoms with Gasteiger partial charge in [0.25, 0.3) is 5.56 Å². The maximum atomic E-state index is 11.9. The van der Waals surface area contributed by atoms with Crippen LogP contribution < -0.4 is 10.3 Å². The van der Waals surface area contributed by atoms with Gasteiger partial charge in [0.15, 0.2) is 17.1 Å². The number of benzene rings is 3. The van der Waals surface area contributed by atoms with Crippen molar-refractivity contribution in [3.8, 4) is 39.5 Å². The number of hydrogen-bond acceptors (Lipinski definition) is 5. The summed E-state index contributed by atoms with van der Waals surface area (Å²) >= 11 is 6.39. The molecule has 7 nitrogen and oxygen atoms in total. The molecule has 0 amide bonds. The lowest BCUT2D eigenvalue weighted by Crippen LogP contribution is -2.17. The normalized spacial score (nSPS) is 10.9. The predicted molar refractivity (Wildman–Crippen MR) is 117 cm³/mol. The summed E-state index contributed by atoms with van der Waals surface area (Å²) in [6.07, 6.45) is 0. The van der Waals surface area contributed by atoms with Crippen molar-refractivity contribution in [2.75, 3.05) is 7.11 Å². The highest BCUT2D eigenvalue weighted by atomic mass is 35.5. The van der Waals surface area contributed by atoms with E-state index in [0.717, 1.165) is 5.56 Å². The number of H-pyrrole nitrogens is 1. The second-order valence-corrected chi connectivity index (χ2v) is 7.20. The molecule has 3 aromatic carbocycles. The van der Waals surface area contributed by atoms with Crippen LogP contribution in [0.3, 0.4) is 0 Å². The molecule has 4 rings (SSSR count). The number of fused-ring (bicyclic) bond motifs is 1. The minimum Gasteiger partial charge on any atom is -0.506 e. The minimum absolute atomic E-state index is 0.0246. The number of aromatic hydroxyl groups is 2. The van der Waals surface area contributed by atoms with Gasteiger partial charge >= 0.3 is 5.97 Å². The van der Waals surface area contributed by atoms with Crippen LogP contribution in [0.4, 0.5) is 0 Å². The van der Waals surface area contributed by atoms with E-state index in [2.05, 4.69) is 4.98 Å². The Morgan fingerprint density at radius 3 is 2.23 bits per heavy atom. The lowest BCUT2D eigenvalue weighted by Gasteiger charge is -2.12. The molecule has 156 valence electrons. The summed E-state index contributed by atoms with van der Waals surface area (Å²) in [6.45, 7) is 0. The molecule has 1 aromatic heterocycles. The van der Waals surface area contributed by atoms with Crippen LogP contribution in [-0.2, 0) is 0 Å². The van der Waals surface area contributed by atoms with Gasteiger partial charge in [-0.05, 0) is 29.3 Å². The number of phenols is 1. The second kappa shape index (κ2) is 7.70. The van der Waals surface area contributed by atoms with Crippen molar-refractivity contribution < 1.29 is 24.9 Å². The molecule has 0 aliphatic rings. The zero-order chi connectivity index (χ0) is 22.3. The summed E-state index contributed by atoms with van der Waals surface area (Å²) in [6, 6.07) is 15.3. The quantitative estimate of drug-likeness (QED) is 0.369. The topological polar surface area (TPSA) is 120 Å². The zero-order valence-corrected chi connectivity index (χ0v) is 16.9. The van der Waals surface area contributed by atoms with Gasteiger partial charge < -0.3 is 25.0 Å². The number of hydrogen-bond donors (Lipinski definition) is 4. The summed E-state index contributed by atoms with van der Waals surface area (Å²) in [4.78, 5) is 25.7. The summed E-state index contributed by atoms with van der Waals surface area (Å²) in [5.74, 6) is -1.77. The van der Waals surface area contributed by atoms with Gasteiger partial charge in [-0.2, -0.15) is 0 Å². The van der Waals surface area contributed by atoms with Crippen molar-refractivity contribution >= 4 is 28.5 Å². The third-order valence-corrected chi connectivity index (χ3v) is 5.33. The molecular formula is C23H16ClNO6. The predicted octanol–water partition coefficient (Wildman–Crippen LogP) is 4.63. The van der Waals surface area contributed by atoms with Crippen LogP contribution in [-0.4, -0.2) is 33.4 Å². The summed E-state index contributed by atoms with van der Waals surface area (Å²) in [7, 11) is 1.47. The Labute approximate surface area is 180 Å². The first-order valence-electron chi connectivity index (χ1n) is 9.10. The Morgan fingerprint density at radius 2 is 1.61 bits per heavy atom. The van der Waals surface area contributed by atoms with Crippen molar-refractivity contribution in [1.82, 2.24) is 4.98 Å². The third kappa shape index (κ3) is 3.45. The number of para-hydroxylation sites is 1. The number of rotatable bonds is 4. The minimum atomic E-state index is -1.53. The van der Waals surface area contributed by atoms with Crippen molar-refractivity contribution in [2.45, 2.75) is 0 Å². The number of carboxylic acid groups (broad SMARTS) is 1. The second-order valence-electron chi connectivity index (χ2n) is 6.79. The molecule has 8 heteroatoms. The van der Waals surface area contributed by atoms with E-state index in [9.17, 15) is 24.9 Å². The van der Waals surface area contributed by atoms with E-state index in [-0.39, 0.29) is 16.7 Å². The number of halogens is 1. The highest BCUT2D eigenvalue weighted by Crippen LogP contribution is 2.39. The van der Waals surface area contributed by atoms with Gasteiger partial charge in [-0.3, -0.25) is 4.79 Å². The summed E-state index contributed by atoms with van der Waals surface area (Å²) in [5.41, 5.74) is 1.15. The van der Waals surface area contributed by atoms with Crippen LogP contribution in [0.5, 0.6) is 17.2 Å². The molecule has 0 radical (unpaired) electrons. The number of aromatic amines is 1.